The molecule has 0 bridgehead atoms. The summed E-state index contributed by atoms with van der Waals surface area (Å²) in [4.78, 5) is 12.3. The molecule has 22 heavy (non-hydrogen) atoms. The fraction of sp³-hybridized carbons (Fsp3) is 0.533. The predicted molar refractivity (Wildman–Crippen MR) is 80.3 cm³/mol. The smallest absolute Gasteiger partial charge is 0.326 e. The Morgan fingerprint density at radius 2 is 1.36 bits per heavy atom. The lowest BCUT2D eigenvalue weighted by atomic mass is 10.4. The number of nitrogens with zero attached hydrogens (tertiary/aromatic N) is 3. The summed E-state index contributed by atoms with van der Waals surface area (Å²) in [6.45, 7) is 6.95. The van der Waals surface area contributed by atoms with Crippen molar-refractivity contribution in [3.8, 4) is 18.0 Å². The Bertz CT molecular complexity index is 499. The van der Waals surface area contributed by atoms with Crippen LogP contribution in [0.5, 0.6) is 18.0 Å². The number of hydrogen-bond acceptors (Lipinski definition) is 7. The van der Waals surface area contributed by atoms with Crippen LogP contribution in [-0.2, 0) is 4.74 Å². The zero-order valence-electron chi connectivity index (χ0n) is 13.1. The summed E-state index contributed by atoms with van der Waals surface area (Å²) in [5.41, 5.74) is 0. The molecule has 2 rings (SSSR count). The third-order valence-electron chi connectivity index (χ3n) is 2.88. The molecule has 1 aliphatic heterocycles. The first-order valence-electron chi connectivity index (χ1n) is 7.25. The van der Waals surface area contributed by atoms with Gasteiger partial charge in [0.05, 0.1) is 6.10 Å². The summed E-state index contributed by atoms with van der Waals surface area (Å²) in [6, 6.07) is 0.510. The largest absolute Gasteiger partial charge is 0.460 e. The molecule has 0 amide bonds. The number of hydrogen-bond donors (Lipinski definition) is 0. The predicted octanol–water partition coefficient (Wildman–Crippen LogP) is 1.95. The van der Waals surface area contributed by atoms with Gasteiger partial charge >= 0.3 is 18.0 Å². The maximum atomic E-state index is 5.51. The Morgan fingerprint density at radius 1 is 0.909 bits per heavy atom. The fourth-order valence-corrected chi connectivity index (χ4v) is 1.51. The fourth-order valence-electron chi connectivity index (χ4n) is 1.51. The second kappa shape index (κ2) is 8.33. The topological polar surface area (TPSA) is 78.9 Å². The third kappa shape index (κ3) is 5.33. The Morgan fingerprint density at radius 3 is 1.77 bits per heavy atom. The van der Waals surface area contributed by atoms with Crippen molar-refractivity contribution >= 4 is 0 Å². The van der Waals surface area contributed by atoms with Crippen LogP contribution in [0.15, 0.2) is 24.3 Å². The van der Waals surface area contributed by atoms with Gasteiger partial charge in [0.15, 0.2) is 0 Å². The van der Waals surface area contributed by atoms with Crippen molar-refractivity contribution in [2.45, 2.75) is 33.0 Å². The minimum absolute atomic E-state index is 0.0940. The first-order chi connectivity index (χ1) is 10.7. The molecule has 1 aromatic rings. The number of aromatic nitrogens is 3. The normalized spacial score (nSPS) is 20.5. The molecule has 7 nitrogen and oxygen atoms in total. The molecule has 120 valence electrons. The SMILES string of the molecule is C/C=C/COc1nc(OC/C=C/C)nc(OCC2OC2C)n1. The molecular formula is C15H21N3O4. The van der Waals surface area contributed by atoms with Crippen LogP contribution in [0, 0.1) is 0 Å². The van der Waals surface area contributed by atoms with Gasteiger partial charge in [0, 0.05) is 0 Å². The van der Waals surface area contributed by atoms with E-state index in [4.69, 9.17) is 18.9 Å². The highest BCUT2D eigenvalue weighted by Crippen LogP contribution is 2.22. The summed E-state index contributed by atoms with van der Waals surface area (Å²) in [5.74, 6) is 0. The van der Waals surface area contributed by atoms with Gasteiger partial charge in [-0.1, -0.05) is 24.3 Å². The second-order valence-electron chi connectivity index (χ2n) is 4.63. The lowest BCUT2D eigenvalue weighted by Crippen LogP contribution is -2.11. The zero-order valence-corrected chi connectivity index (χ0v) is 13.1. The van der Waals surface area contributed by atoms with Gasteiger partial charge in [0.2, 0.25) is 0 Å². The Hall–Kier alpha value is -2.15. The molecule has 0 radical (unpaired) electrons. The van der Waals surface area contributed by atoms with Crippen molar-refractivity contribution in [1.82, 2.24) is 15.0 Å². The van der Waals surface area contributed by atoms with Crippen molar-refractivity contribution in [3.63, 3.8) is 0 Å². The van der Waals surface area contributed by atoms with Crippen LogP contribution in [0.2, 0.25) is 0 Å². The van der Waals surface area contributed by atoms with E-state index in [9.17, 15) is 0 Å². The molecule has 1 saturated heterocycles. The number of allylic oxidation sites excluding steroid dienone is 2. The van der Waals surface area contributed by atoms with E-state index in [1.54, 1.807) is 0 Å². The number of rotatable bonds is 9. The van der Waals surface area contributed by atoms with Crippen LogP contribution in [-0.4, -0.2) is 47.0 Å². The van der Waals surface area contributed by atoms with Crippen LogP contribution < -0.4 is 14.2 Å². The van der Waals surface area contributed by atoms with Crippen LogP contribution in [0.25, 0.3) is 0 Å². The van der Waals surface area contributed by atoms with Crippen LogP contribution in [0.4, 0.5) is 0 Å². The molecule has 2 heterocycles. The van der Waals surface area contributed by atoms with Gasteiger partial charge in [0.1, 0.15) is 25.9 Å². The molecule has 2 atom stereocenters. The van der Waals surface area contributed by atoms with Crippen LogP contribution >= 0.6 is 0 Å². The lowest BCUT2D eigenvalue weighted by Gasteiger charge is -2.07. The van der Waals surface area contributed by atoms with Crippen molar-refractivity contribution in [2.24, 2.45) is 0 Å². The Labute approximate surface area is 130 Å². The number of epoxide rings is 1. The molecule has 0 saturated carbocycles. The van der Waals surface area contributed by atoms with E-state index < -0.39 is 0 Å². The van der Waals surface area contributed by atoms with E-state index in [-0.39, 0.29) is 30.2 Å². The monoisotopic (exact) mass is 307 g/mol. The average Bonchev–Trinajstić information content (AvgIpc) is 3.21. The molecule has 0 spiro atoms. The van der Waals surface area contributed by atoms with Crippen molar-refractivity contribution in [3.05, 3.63) is 24.3 Å². The molecule has 1 fully saturated rings. The summed E-state index contributed by atoms with van der Waals surface area (Å²) in [7, 11) is 0. The summed E-state index contributed by atoms with van der Waals surface area (Å²) < 4.78 is 21.6. The molecule has 1 aromatic heterocycles. The molecule has 2 unspecified atom stereocenters. The van der Waals surface area contributed by atoms with Gasteiger partial charge < -0.3 is 18.9 Å². The van der Waals surface area contributed by atoms with Gasteiger partial charge in [-0.3, -0.25) is 0 Å². The quantitative estimate of drug-likeness (QED) is 0.509. The third-order valence-corrected chi connectivity index (χ3v) is 2.88. The molecule has 0 aromatic carbocycles. The Balaban J connectivity index is 2.00. The van der Waals surface area contributed by atoms with E-state index in [0.29, 0.717) is 19.8 Å². The van der Waals surface area contributed by atoms with E-state index in [0.717, 1.165) is 0 Å². The molecule has 0 aliphatic carbocycles. The van der Waals surface area contributed by atoms with Crippen molar-refractivity contribution in [2.75, 3.05) is 19.8 Å². The molecule has 7 heteroatoms. The maximum absolute atomic E-state index is 5.51. The first-order valence-corrected chi connectivity index (χ1v) is 7.25. The Kier molecular flexibility index (Phi) is 6.14. The molecular weight excluding hydrogens is 286 g/mol. The van der Waals surface area contributed by atoms with E-state index in [2.05, 4.69) is 15.0 Å². The lowest BCUT2D eigenvalue weighted by molar-refractivity contribution is 0.228. The number of ether oxygens (including phenoxy) is 4. The molecule has 0 N–H and O–H groups in total. The van der Waals surface area contributed by atoms with Crippen LogP contribution in [0.3, 0.4) is 0 Å². The average molecular weight is 307 g/mol. The van der Waals surface area contributed by atoms with Crippen LogP contribution in [0.1, 0.15) is 20.8 Å². The van der Waals surface area contributed by atoms with Crippen molar-refractivity contribution in [1.29, 1.82) is 0 Å². The highest BCUT2D eigenvalue weighted by Gasteiger charge is 2.35. The van der Waals surface area contributed by atoms with E-state index in [1.165, 1.54) is 0 Å². The van der Waals surface area contributed by atoms with Crippen molar-refractivity contribution < 1.29 is 18.9 Å². The summed E-state index contributed by atoms with van der Waals surface area (Å²) >= 11 is 0. The van der Waals surface area contributed by atoms with Gasteiger partial charge in [-0.25, -0.2) is 0 Å². The maximum Gasteiger partial charge on any atom is 0.326 e. The first kappa shape index (κ1) is 16.2. The standard InChI is InChI=1S/C15H21N3O4/c1-4-6-8-19-13-16-14(20-9-7-5-2)18-15(17-13)21-10-12-11(3)22-12/h4-7,11-12H,8-10H2,1-3H3/b6-4+,7-5+. The van der Waals surface area contributed by atoms with Gasteiger partial charge in [-0.15, -0.1) is 15.0 Å². The minimum atomic E-state index is 0.0940. The summed E-state index contributed by atoms with van der Waals surface area (Å²) in [6.07, 6.45) is 7.78. The van der Waals surface area contributed by atoms with Gasteiger partial charge in [-0.2, -0.15) is 0 Å². The van der Waals surface area contributed by atoms with E-state index >= 15 is 0 Å². The second-order valence-corrected chi connectivity index (χ2v) is 4.63. The van der Waals surface area contributed by atoms with E-state index in [1.807, 2.05) is 45.1 Å². The highest BCUT2D eigenvalue weighted by atomic mass is 16.6. The van der Waals surface area contributed by atoms with Gasteiger partial charge in [-0.05, 0) is 20.8 Å². The highest BCUT2D eigenvalue weighted by molar-refractivity contribution is 5.10. The zero-order chi connectivity index (χ0) is 15.8. The van der Waals surface area contributed by atoms with Gasteiger partial charge in [0.25, 0.3) is 0 Å². The summed E-state index contributed by atoms with van der Waals surface area (Å²) in [5, 5.41) is 0. The molecule has 1 aliphatic rings. The minimum Gasteiger partial charge on any atom is -0.460 e.